The number of benzene rings is 1. The third-order valence-electron chi connectivity index (χ3n) is 9.37. The van der Waals surface area contributed by atoms with Gasteiger partial charge in [0, 0.05) is 49.9 Å². The average Bonchev–Trinajstić information content (AvgIpc) is 3.18. The van der Waals surface area contributed by atoms with Crippen LogP contribution >= 0.6 is 23.2 Å². The molecule has 4 aliphatic carbocycles. The van der Waals surface area contributed by atoms with E-state index in [1.807, 2.05) is 16.8 Å². The van der Waals surface area contributed by atoms with E-state index in [2.05, 4.69) is 10.4 Å². The van der Waals surface area contributed by atoms with Crippen LogP contribution < -0.4 is 10.2 Å². The number of aromatic nitrogens is 2. The van der Waals surface area contributed by atoms with Crippen molar-refractivity contribution in [3.63, 3.8) is 0 Å². The van der Waals surface area contributed by atoms with Gasteiger partial charge in [0.15, 0.2) is 5.69 Å². The molecule has 4 saturated carbocycles. The van der Waals surface area contributed by atoms with Crippen LogP contribution in [-0.4, -0.2) is 69.4 Å². The number of likely N-dealkylation sites (tertiary alicyclic amines) is 1. The second-order valence-electron chi connectivity index (χ2n) is 12.0. The molecule has 0 radical (unpaired) electrons. The number of anilines is 1. The molecule has 7 rings (SSSR count). The van der Waals surface area contributed by atoms with Crippen LogP contribution in [0.15, 0.2) is 24.3 Å². The normalized spacial score (nSPS) is 31.9. The summed E-state index contributed by atoms with van der Waals surface area (Å²) in [6.45, 7) is 1.24. The largest absolute Gasteiger partial charge is 0.390 e. The fourth-order valence-electron chi connectivity index (χ4n) is 7.86. The van der Waals surface area contributed by atoms with E-state index in [4.69, 9.17) is 23.2 Å². The molecule has 1 aliphatic heterocycles. The molecule has 1 aromatic carbocycles. The summed E-state index contributed by atoms with van der Waals surface area (Å²) in [4.78, 5) is 30.4. The molecule has 2 unspecified atom stereocenters. The second kappa shape index (κ2) is 9.72. The van der Waals surface area contributed by atoms with Crippen molar-refractivity contribution in [2.24, 2.45) is 24.8 Å². The highest BCUT2D eigenvalue weighted by atomic mass is 35.5. The van der Waals surface area contributed by atoms with Crippen LogP contribution in [0.4, 0.5) is 5.82 Å². The van der Waals surface area contributed by atoms with E-state index in [9.17, 15) is 14.7 Å². The van der Waals surface area contributed by atoms with Crippen LogP contribution in [0.25, 0.3) is 0 Å². The quantitative estimate of drug-likeness (QED) is 0.574. The van der Waals surface area contributed by atoms with Gasteiger partial charge in [-0.25, -0.2) is 0 Å². The van der Waals surface area contributed by atoms with Crippen LogP contribution in [0, 0.1) is 17.8 Å². The Morgan fingerprint density at radius 2 is 1.82 bits per heavy atom. The highest BCUT2D eigenvalue weighted by Gasteiger charge is 2.55. The minimum atomic E-state index is -0.543. The number of aryl methyl sites for hydroxylation is 1. The van der Waals surface area contributed by atoms with Gasteiger partial charge < -0.3 is 20.2 Å². The zero-order valence-corrected chi connectivity index (χ0v) is 23.4. The number of nitrogens with one attached hydrogen (secondary N) is 1. The van der Waals surface area contributed by atoms with E-state index >= 15 is 0 Å². The number of piperidine rings is 1. The Morgan fingerprint density at radius 1 is 1.13 bits per heavy atom. The van der Waals surface area contributed by atoms with Crippen molar-refractivity contribution >= 4 is 40.8 Å². The Balaban J connectivity index is 1.15. The van der Waals surface area contributed by atoms with E-state index in [1.54, 1.807) is 36.0 Å². The zero-order chi connectivity index (χ0) is 26.8. The van der Waals surface area contributed by atoms with Crippen LogP contribution in [-0.2, 0) is 7.05 Å². The molecule has 2 N–H and O–H groups in total. The first-order valence-corrected chi connectivity index (χ1v) is 14.4. The van der Waals surface area contributed by atoms with E-state index in [-0.39, 0.29) is 29.6 Å². The van der Waals surface area contributed by atoms with Gasteiger partial charge in [0.1, 0.15) is 10.8 Å². The van der Waals surface area contributed by atoms with Gasteiger partial charge in [-0.15, -0.1) is 0 Å². The molecule has 1 saturated heterocycles. The molecule has 8 nitrogen and oxygen atoms in total. The Kier molecular flexibility index (Phi) is 6.64. The van der Waals surface area contributed by atoms with Gasteiger partial charge in [-0.3, -0.25) is 14.3 Å². The summed E-state index contributed by atoms with van der Waals surface area (Å²) in [5.41, 5.74) is 0.305. The summed E-state index contributed by atoms with van der Waals surface area (Å²) in [5, 5.41) is 19.6. The molecule has 38 heavy (non-hydrogen) atoms. The van der Waals surface area contributed by atoms with Crippen LogP contribution in [0.2, 0.25) is 10.0 Å². The molecule has 2 heterocycles. The molecular weight excluding hydrogens is 525 g/mol. The monoisotopic (exact) mass is 559 g/mol. The molecule has 2 amide bonds. The highest BCUT2D eigenvalue weighted by molar-refractivity contribution is 6.36. The molecule has 10 heteroatoms. The van der Waals surface area contributed by atoms with Crippen molar-refractivity contribution in [1.29, 1.82) is 0 Å². The van der Waals surface area contributed by atoms with Crippen molar-refractivity contribution in [1.82, 2.24) is 20.0 Å². The van der Waals surface area contributed by atoms with Gasteiger partial charge in [0.2, 0.25) is 0 Å². The lowest BCUT2D eigenvalue weighted by Gasteiger charge is -2.58. The maximum Gasteiger partial charge on any atom is 0.273 e. The van der Waals surface area contributed by atoms with Crippen molar-refractivity contribution in [3.8, 4) is 0 Å². The van der Waals surface area contributed by atoms with Gasteiger partial charge in [0.05, 0.1) is 5.60 Å². The lowest BCUT2D eigenvalue weighted by molar-refractivity contribution is -0.136. The lowest BCUT2D eigenvalue weighted by Crippen LogP contribution is -2.61. The molecule has 1 aromatic heterocycles. The van der Waals surface area contributed by atoms with Gasteiger partial charge in [0.25, 0.3) is 11.8 Å². The average molecular weight is 561 g/mol. The van der Waals surface area contributed by atoms with Gasteiger partial charge >= 0.3 is 0 Å². The third-order valence-corrected chi connectivity index (χ3v) is 9.97. The number of likely N-dealkylation sites (N-methyl/N-ethyl adjacent to an activating group) is 1. The first-order chi connectivity index (χ1) is 18.1. The maximum absolute atomic E-state index is 13.4. The number of carbonyl (C=O) groups excluding carboxylic acids is 2. The highest BCUT2D eigenvalue weighted by Crippen LogP contribution is 2.55. The van der Waals surface area contributed by atoms with E-state index < -0.39 is 5.60 Å². The summed E-state index contributed by atoms with van der Waals surface area (Å²) in [5.74, 6) is 1.60. The Labute approximate surface area is 233 Å². The minimum absolute atomic E-state index is 0.0173. The molecule has 5 aliphatic rings. The van der Waals surface area contributed by atoms with E-state index in [0.717, 1.165) is 44.9 Å². The maximum atomic E-state index is 13.4. The summed E-state index contributed by atoms with van der Waals surface area (Å²) < 4.78 is 1.66. The number of aliphatic hydroxyl groups is 1. The zero-order valence-electron chi connectivity index (χ0n) is 21.9. The van der Waals surface area contributed by atoms with Crippen LogP contribution in [0.1, 0.15) is 65.8 Å². The van der Waals surface area contributed by atoms with Crippen LogP contribution in [0.3, 0.4) is 0 Å². The Bertz CT molecular complexity index is 1230. The smallest absolute Gasteiger partial charge is 0.273 e. The molecule has 4 bridgehead atoms. The number of rotatable bonds is 5. The first kappa shape index (κ1) is 26.0. The van der Waals surface area contributed by atoms with Gasteiger partial charge in [-0.05, 0) is 87.0 Å². The van der Waals surface area contributed by atoms with Crippen molar-refractivity contribution in [3.05, 3.63) is 45.6 Å². The topological polar surface area (TPSA) is 90.7 Å². The summed E-state index contributed by atoms with van der Waals surface area (Å²) >= 11 is 12.8. The summed E-state index contributed by atoms with van der Waals surface area (Å²) in [6.07, 6.45) is 6.35. The predicted octanol–water partition coefficient (Wildman–Crippen LogP) is 4.14. The Morgan fingerprint density at radius 3 is 2.47 bits per heavy atom. The predicted molar refractivity (Wildman–Crippen MR) is 147 cm³/mol. The number of hydrogen-bond donors (Lipinski definition) is 2. The lowest BCUT2D eigenvalue weighted by atomic mass is 9.52. The summed E-state index contributed by atoms with van der Waals surface area (Å²) in [7, 11) is 3.75. The number of nitrogens with zero attached hydrogens (tertiary/aromatic N) is 4. The van der Waals surface area contributed by atoms with Gasteiger partial charge in [-0.1, -0.05) is 23.2 Å². The fraction of sp³-hybridized carbons (Fsp3) is 0.607. The molecule has 3 atom stereocenters. The van der Waals surface area contributed by atoms with Crippen LogP contribution in [0.5, 0.6) is 0 Å². The number of amides is 2. The standard InChI is InChI=1S/C28H35Cl2N5O3/c1-33(21-4-3-9-35(15-21)27(37)17-5-7-20(29)8-6-17)26-22(30)24(32-34(26)2)25(36)31-23-18-10-16-11-19(23)14-28(38,12-16)13-18/h5-8,16,18-19,21,23,38H,3-4,9-15H2,1-2H3,(H,31,36)/t16?,18?,19?,21-,23-,28-/m0/s1. The van der Waals surface area contributed by atoms with E-state index in [1.165, 1.54) is 0 Å². The first-order valence-electron chi connectivity index (χ1n) is 13.7. The van der Waals surface area contributed by atoms with Crippen molar-refractivity contribution in [2.45, 2.75) is 62.6 Å². The van der Waals surface area contributed by atoms with Gasteiger partial charge in [-0.2, -0.15) is 5.10 Å². The third kappa shape index (κ3) is 4.58. The Hall–Kier alpha value is -2.29. The number of hydrogen-bond acceptors (Lipinski definition) is 5. The fourth-order valence-corrected chi connectivity index (χ4v) is 8.36. The molecular formula is C28H35Cl2N5O3. The molecule has 5 fully saturated rings. The second-order valence-corrected chi connectivity index (χ2v) is 12.8. The molecule has 0 spiro atoms. The molecule has 204 valence electrons. The van der Waals surface area contributed by atoms with Crippen molar-refractivity contribution < 1.29 is 14.7 Å². The SMILES string of the molecule is CN(c1c(Cl)c(C(=O)N[C@H]2C3CC4CC2C[C@](O)(C4)C3)nn1C)[C@H]1CCCN(C(=O)c2ccc(Cl)cc2)C1. The summed E-state index contributed by atoms with van der Waals surface area (Å²) in [6, 6.07) is 7.07. The number of carbonyl (C=O) groups is 2. The minimum Gasteiger partial charge on any atom is -0.390 e. The number of halogens is 2. The van der Waals surface area contributed by atoms with E-state index in [0.29, 0.717) is 52.3 Å². The van der Waals surface area contributed by atoms with Crippen molar-refractivity contribution in [2.75, 3.05) is 25.0 Å². The molecule has 2 aromatic rings.